The van der Waals surface area contributed by atoms with Crippen molar-refractivity contribution in [1.82, 2.24) is 5.32 Å². The Kier molecular flexibility index (Phi) is 5.08. The van der Waals surface area contributed by atoms with Gasteiger partial charge < -0.3 is 16.4 Å². The number of halogens is 3. The predicted molar refractivity (Wildman–Crippen MR) is 83.2 cm³/mol. The van der Waals surface area contributed by atoms with Gasteiger partial charge in [0.15, 0.2) is 0 Å². The number of nitrogens with one attached hydrogen (secondary N) is 2. The third-order valence-electron chi connectivity index (χ3n) is 3.07. The highest BCUT2D eigenvalue weighted by molar-refractivity contribution is 5.95. The summed E-state index contributed by atoms with van der Waals surface area (Å²) in [5.74, 6) is -2.40. The summed E-state index contributed by atoms with van der Waals surface area (Å²) in [7, 11) is 0. The number of anilines is 2. The largest absolute Gasteiger partial charge is 0.471 e. The number of amides is 2. The van der Waals surface area contributed by atoms with E-state index in [1.54, 1.807) is 35.6 Å². The Hall–Kier alpha value is -3.03. The summed E-state index contributed by atoms with van der Waals surface area (Å²) in [4.78, 5) is 22.9. The van der Waals surface area contributed by atoms with E-state index < -0.39 is 12.1 Å². The summed E-state index contributed by atoms with van der Waals surface area (Å²) in [6.07, 6.45) is -4.96. The third kappa shape index (κ3) is 4.73. The van der Waals surface area contributed by atoms with Gasteiger partial charge in [0.1, 0.15) is 0 Å². The summed E-state index contributed by atoms with van der Waals surface area (Å²) in [5.41, 5.74) is 7.01. The maximum atomic E-state index is 12.2. The standard InChI is InChI=1S/C16H14F3N3O2/c17-16(18,19)15(24)22-13-3-1-2-10(8-13)9-21-14(23)11-4-6-12(20)7-5-11/h1-8H,9,20H2,(H,21,23)(H,22,24). The Bertz CT molecular complexity index is 743. The molecule has 0 atom stereocenters. The molecule has 0 aromatic heterocycles. The molecule has 0 aliphatic carbocycles. The van der Waals surface area contributed by atoms with E-state index >= 15 is 0 Å². The summed E-state index contributed by atoms with van der Waals surface area (Å²) in [6, 6.07) is 12.1. The second-order valence-corrected chi connectivity index (χ2v) is 4.96. The molecule has 24 heavy (non-hydrogen) atoms. The smallest absolute Gasteiger partial charge is 0.399 e. The van der Waals surface area contributed by atoms with E-state index in [9.17, 15) is 22.8 Å². The number of alkyl halides is 3. The first-order valence-corrected chi connectivity index (χ1v) is 6.86. The summed E-state index contributed by atoms with van der Waals surface area (Å²) in [6.45, 7) is 0.0962. The molecule has 8 heteroatoms. The Morgan fingerprint density at radius 1 is 1.04 bits per heavy atom. The van der Waals surface area contributed by atoms with Crippen molar-refractivity contribution in [3.8, 4) is 0 Å². The van der Waals surface area contributed by atoms with Crippen molar-refractivity contribution < 1.29 is 22.8 Å². The van der Waals surface area contributed by atoms with Crippen LogP contribution in [0.3, 0.4) is 0 Å². The number of nitrogen functional groups attached to an aromatic ring is 1. The molecule has 0 saturated carbocycles. The average molecular weight is 337 g/mol. The second kappa shape index (κ2) is 7.03. The van der Waals surface area contributed by atoms with Crippen LogP contribution in [0.25, 0.3) is 0 Å². The minimum absolute atomic E-state index is 0.00319. The van der Waals surface area contributed by atoms with Gasteiger partial charge in [0.25, 0.3) is 5.91 Å². The second-order valence-electron chi connectivity index (χ2n) is 4.96. The van der Waals surface area contributed by atoms with Crippen LogP contribution in [0, 0.1) is 0 Å². The van der Waals surface area contributed by atoms with E-state index in [0.717, 1.165) is 0 Å². The van der Waals surface area contributed by atoms with E-state index in [0.29, 0.717) is 16.8 Å². The van der Waals surface area contributed by atoms with Crippen LogP contribution in [0.15, 0.2) is 48.5 Å². The van der Waals surface area contributed by atoms with Gasteiger partial charge in [-0.3, -0.25) is 9.59 Å². The number of carbonyl (C=O) groups excluding carboxylic acids is 2. The van der Waals surface area contributed by atoms with Crippen LogP contribution in [-0.4, -0.2) is 18.0 Å². The molecule has 0 aliphatic rings. The Morgan fingerprint density at radius 3 is 2.33 bits per heavy atom. The number of hydrogen-bond donors (Lipinski definition) is 3. The first-order valence-electron chi connectivity index (χ1n) is 6.86. The Labute approximate surface area is 135 Å². The van der Waals surface area contributed by atoms with Crippen LogP contribution in [0.1, 0.15) is 15.9 Å². The summed E-state index contributed by atoms with van der Waals surface area (Å²) in [5, 5.41) is 4.39. The fourth-order valence-corrected chi connectivity index (χ4v) is 1.88. The SMILES string of the molecule is Nc1ccc(C(=O)NCc2cccc(NC(=O)C(F)(F)F)c2)cc1. The number of hydrogen-bond acceptors (Lipinski definition) is 3. The molecular weight excluding hydrogens is 323 g/mol. The van der Waals surface area contributed by atoms with Gasteiger partial charge >= 0.3 is 12.1 Å². The molecule has 2 rings (SSSR count). The van der Waals surface area contributed by atoms with Crippen LogP contribution in [0.4, 0.5) is 24.5 Å². The zero-order chi connectivity index (χ0) is 17.7. The van der Waals surface area contributed by atoms with Gasteiger partial charge in [-0.25, -0.2) is 0 Å². The van der Waals surface area contributed by atoms with Crippen LogP contribution < -0.4 is 16.4 Å². The Balaban J connectivity index is 1.98. The number of carbonyl (C=O) groups is 2. The number of benzene rings is 2. The lowest BCUT2D eigenvalue weighted by Gasteiger charge is -2.10. The molecule has 2 amide bonds. The highest BCUT2D eigenvalue weighted by atomic mass is 19.4. The fraction of sp³-hybridized carbons (Fsp3) is 0.125. The molecule has 0 unspecified atom stereocenters. The molecule has 126 valence electrons. The van der Waals surface area contributed by atoms with Crippen molar-refractivity contribution in [3.05, 3.63) is 59.7 Å². The maximum absolute atomic E-state index is 12.2. The third-order valence-corrected chi connectivity index (χ3v) is 3.07. The van der Waals surface area contributed by atoms with Crippen molar-refractivity contribution >= 4 is 23.2 Å². The van der Waals surface area contributed by atoms with E-state index in [-0.39, 0.29) is 18.1 Å². The lowest BCUT2D eigenvalue weighted by Crippen LogP contribution is -2.30. The topological polar surface area (TPSA) is 84.2 Å². The van der Waals surface area contributed by atoms with Gasteiger partial charge in [0, 0.05) is 23.5 Å². The number of rotatable bonds is 4. The molecule has 0 bridgehead atoms. The van der Waals surface area contributed by atoms with Gasteiger partial charge in [-0.1, -0.05) is 12.1 Å². The van der Waals surface area contributed by atoms with Crippen molar-refractivity contribution in [1.29, 1.82) is 0 Å². The highest BCUT2D eigenvalue weighted by Gasteiger charge is 2.38. The lowest BCUT2D eigenvalue weighted by molar-refractivity contribution is -0.167. The molecule has 2 aromatic carbocycles. The first-order chi connectivity index (χ1) is 11.3. The minimum Gasteiger partial charge on any atom is -0.399 e. The van der Waals surface area contributed by atoms with Gasteiger partial charge in [0.2, 0.25) is 0 Å². The molecule has 0 spiro atoms. The molecule has 0 fully saturated rings. The van der Waals surface area contributed by atoms with Crippen molar-refractivity contribution in [2.75, 3.05) is 11.1 Å². The van der Waals surface area contributed by atoms with Crippen LogP contribution in [0.5, 0.6) is 0 Å². The molecule has 0 aliphatic heterocycles. The van der Waals surface area contributed by atoms with Crippen molar-refractivity contribution in [2.45, 2.75) is 12.7 Å². The predicted octanol–water partition coefficient (Wildman–Crippen LogP) is 2.70. The summed E-state index contributed by atoms with van der Waals surface area (Å²) < 4.78 is 36.7. The van der Waals surface area contributed by atoms with Gasteiger partial charge in [-0.2, -0.15) is 13.2 Å². The van der Waals surface area contributed by atoms with E-state index in [4.69, 9.17) is 5.73 Å². The van der Waals surface area contributed by atoms with Crippen LogP contribution >= 0.6 is 0 Å². The van der Waals surface area contributed by atoms with Gasteiger partial charge in [0.05, 0.1) is 0 Å². The lowest BCUT2D eigenvalue weighted by atomic mass is 10.1. The molecular formula is C16H14F3N3O2. The maximum Gasteiger partial charge on any atom is 0.471 e. The van der Waals surface area contributed by atoms with Crippen molar-refractivity contribution in [2.24, 2.45) is 0 Å². The van der Waals surface area contributed by atoms with Gasteiger partial charge in [-0.15, -0.1) is 0 Å². The average Bonchev–Trinajstić information content (AvgIpc) is 2.53. The summed E-state index contributed by atoms with van der Waals surface area (Å²) >= 11 is 0. The van der Waals surface area contributed by atoms with Crippen LogP contribution in [-0.2, 0) is 11.3 Å². The van der Waals surface area contributed by atoms with E-state index in [1.807, 2.05) is 0 Å². The quantitative estimate of drug-likeness (QED) is 0.750. The molecule has 4 N–H and O–H groups in total. The molecule has 0 heterocycles. The van der Waals surface area contributed by atoms with Crippen molar-refractivity contribution in [3.63, 3.8) is 0 Å². The monoisotopic (exact) mass is 337 g/mol. The fourth-order valence-electron chi connectivity index (χ4n) is 1.88. The molecule has 0 radical (unpaired) electrons. The highest BCUT2D eigenvalue weighted by Crippen LogP contribution is 2.19. The minimum atomic E-state index is -4.96. The van der Waals surface area contributed by atoms with Crippen LogP contribution in [0.2, 0.25) is 0 Å². The zero-order valence-corrected chi connectivity index (χ0v) is 12.4. The Morgan fingerprint density at radius 2 is 1.71 bits per heavy atom. The van der Waals surface area contributed by atoms with E-state index in [1.165, 1.54) is 18.2 Å². The first kappa shape index (κ1) is 17.3. The zero-order valence-electron chi connectivity index (χ0n) is 12.4. The van der Waals surface area contributed by atoms with E-state index in [2.05, 4.69) is 5.32 Å². The normalized spacial score (nSPS) is 11.0. The molecule has 2 aromatic rings. The number of nitrogens with two attached hydrogens (primary N) is 1. The molecule has 5 nitrogen and oxygen atoms in total. The molecule has 0 saturated heterocycles. The van der Waals surface area contributed by atoms with Gasteiger partial charge in [-0.05, 0) is 42.0 Å².